The van der Waals surface area contributed by atoms with Gasteiger partial charge in [0.1, 0.15) is 11.5 Å². The van der Waals surface area contributed by atoms with E-state index in [4.69, 9.17) is 11.5 Å². The SMILES string of the molecule is CC1=C(O)C(C)=C(N)C2C(C1=O)C1C(=NO)C(=O)C(=O)C(C)=C(N)C12. The molecule has 0 aromatic heterocycles. The number of hydrogen-bond donors (Lipinski definition) is 4. The Morgan fingerprint density at radius 2 is 1.32 bits per heavy atom. The number of allylic oxidation sites excluding steroid dienone is 5. The number of ketones is 3. The minimum absolute atomic E-state index is 0.0631. The van der Waals surface area contributed by atoms with Gasteiger partial charge in [-0.2, -0.15) is 0 Å². The first-order valence-electron chi connectivity index (χ1n) is 7.82. The van der Waals surface area contributed by atoms with E-state index in [1.165, 1.54) is 13.8 Å². The molecule has 8 nitrogen and oxygen atoms in total. The number of nitrogens with zero attached hydrogens (tertiary/aromatic N) is 1. The molecule has 4 atom stereocenters. The van der Waals surface area contributed by atoms with Crippen molar-refractivity contribution in [3.8, 4) is 0 Å². The third kappa shape index (κ3) is 1.93. The van der Waals surface area contributed by atoms with Gasteiger partial charge in [-0.3, -0.25) is 14.4 Å². The van der Waals surface area contributed by atoms with Crippen molar-refractivity contribution >= 4 is 23.1 Å². The van der Waals surface area contributed by atoms with Crippen LogP contribution in [0.15, 0.2) is 39.0 Å². The van der Waals surface area contributed by atoms with E-state index in [1.807, 2.05) is 0 Å². The average Bonchev–Trinajstić information content (AvgIpc) is 2.66. The van der Waals surface area contributed by atoms with Crippen LogP contribution in [0.5, 0.6) is 0 Å². The maximum Gasteiger partial charge on any atom is 0.251 e. The Morgan fingerprint density at radius 1 is 0.800 bits per heavy atom. The zero-order chi connectivity index (χ0) is 18.8. The lowest BCUT2D eigenvalue weighted by molar-refractivity contribution is -0.131. The molecule has 0 spiro atoms. The van der Waals surface area contributed by atoms with Gasteiger partial charge in [-0.05, 0) is 20.8 Å². The molecule has 4 unspecified atom stereocenters. The number of aliphatic hydroxyl groups excluding tert-OH is 1. The van der Waals surface area contributed by atoms with Crippen LogP contribution in [0, 0.1) is 23.7 Å². The van der Waals surface area contributed by atoms with Crippen LogP contribution < -0.4 is 11.5 Å². The number of Topliss-reactive ketones (excluding diaryl/α,β-unsaturated/α-hetero) is 3. The fraction of sp³-hybridized carbons (Fsp3) is 0.412. The summed E-state index contributed by atoms with van der Waals surface area (Å²) in [5.74, 6) is -5.31. The summed E-state index contributed by atoms with van der Waals surface area (Å²) in [4.78, 5) is 37.4. The van der Waals surface area contributed by atoms with Gasteiger partial charge >= 0.3 is 0 Å². The van der Waals surface area contributed by atoms with E-state index in [-0.39, 0.29) is 34.0 Å². The molecule has 0 bridgehead atoms. The minimum atomic E-state index is -0.976. The summed E-state index contributed by atoms with van der Waals surface area (Å²) in [5.41, 5.74) is 12.9. The Balaban J connectivity index is 2.27. The van der Waals surface area contributed by atoms with E-state index < -0.39 is 41.0 Å². The Labute approximate surface area is 143 Å². The van der Waals surface area contributed by atoms with E-state index in [9.17, 15) is 24.7 Å². The van der Waals surface area contributed by atoms with Gasteiger partial charge in [-0.1, -0.05) is 5.16 Å². The van der Waals surface area contributed by atoms with Crippen molar-refractivity contribution in [3.05, 3.63) is 33.9 Å². The minimum Gasteiger partial charge on any atom is -0.507 e. The molecule has 0 aromatic carbocycles. The summed E-state index contributed by atoms with van der Waals surface area (Å²) in [6, 6.07) is 0. The third-order valence-electron chi connectivity index (χ3n) is 5.72. The zero-order valence-corrected chi connectivity index (χ0v) is 14.0. The van der Waals surface area contributed by atoms with Gasteiger partial charge in [0.2, 0.25) is 5.78 Å². The third-order valence-corrected chi connectivity index (χ3v) is 5.72. The lowest BCUT2D eigenvalue weighted by Gasteiger charge is -2.50. The lowest BCUT2D eigenvalue weighted by atomic mass is 9.51. The molecule has 132 valence electrons. The average molecular weight is 345 g/mol. The van der Waals surface area contributed by atoms with Gasteiger partial charge in [0.25, 0.3) is 5.78 Å². The molecule has 8 heteroatoms. The number of oxime groups is 1. The molecule has 0 radical (unpaired) electrons. The lowest BCUT2D eigenvalue weighted by Crippen LogP contribution is -2.58. The predicted molar refractivity (Wildman–Crippen MR) is 87.3 cm³/mol. The van der Waals surface area contributed by atoms with Crippen molar-refractivity contribution in [1.82, 2.24) is 0 Å². The number of rotatable bonds is 0. The van der Waals surface area contributed by atoms with Crippen LogP contribution in [-0.4, -0.2) is 33.4 Å². The Kier molecular flexibility index (Phi) is 3.59. The summed E-state index contributed by atoms with van der Waals surface area (Å²) in [6.45, 7) is 4.48. The molecule has 0 saturated heterocycles. The molecule has 3 aliphatic carbocycles. The molecule has 0 aromatic rings. The van der Waals surface area contributed by atoms with Crippen molar-refractivity contribution < 1.29 is 24.7 Å². The summed E-state index contributed by atoms with van der Waals surface area (Å²) in [7, 11) is 0. The number of carbonyl (C=O) groups is 3. The van der Waals surface area contributed by atoms with Gasteiger partial charge in [-0.25, -0.2) is 0 Å². The first kappa shape index (κ1) is 16.9. The van der Waals surface area contributed by atoms with Crippen molar-refractivity contribution in [3.63, 3.8) is 0 Å². The van der Waals surface area contributed by atoms with Crippen molar-refractivity contribution in [1.29, 1.82) is 0 Å². The second kappa shape index (κ2) is 5.30. The van der Waals surface area contributed by atoms with Crippen LogP contribution in [0.4, 0.5) is 0 Å². The number of hydrogen-bond acceptors (Lipinski definition) is 8. The van der Waals surface area contributed by atoms with Crippen molar-refractivity contribution in [2.45, 2.75) is 20.8 Å². The topological polar surface area (TPSA) is 156 Å². The van der Waals surface area contributed by atoms with Crippen LogP contribution in [0.25, 0.3) is 0 Å². The number of nitrogens with two attached hydrogens (primary N) is 2. The van der Waals surface area contributed by atoms with E-state index in [0.29, 0.717) is 5.57 Å². The second-order valence-electron chi connectivity index (χ2n) is 6.75. The van der Waals surface area contributed by atoms with Crippen LogP contribution >= 0.6 is 0 Å². The molecule has 0 aliphatic heterocycles. The van der Waals surface area contributed by atoms with Crippen molar-refractivity contribution in [2.75, 3.05) is 0 Å². The molecular weight excluding hydrogens is 326 g/mol. The summed E-state index contributed by atoms with van der Waals surface area (Å²) >= 11 is 0. The van der Waals surface area contributed by atoms with Crippen LogP contribution in [-0.2, 0) is 14.4 Å². The van der Waals surface area contributed by atoms with Gasteiger partial charge in [-0.15, -0.1) is 0 Å². The van der Waals surface area contributed by atoms with Gasteiger partial charge in [0.15, 0.2) is 5.78 Å². The van der Waals surface area contributed by atoms with E-state index in [0.717, 1.165) is 0 Å². The molecule has 1 saturated carbocycles. The smallest absolute Gasteiger partial charge is 0.251 e. The predicted octanol–water partition coefficient (Wildman–Crippen LogP) is 0.327. The quantitative estimate of drug-likeness (QED) is 0.280. The number of carbonyl (C=O) groups excluding carboxylic acids is 3. The first-order valence-corrected chi connectivity index (χ1v) is 7.82. The molecular formula is C17H19N3O5. The molecule has 3 aliphatic rings. The second-order valence-corrected chi connectivity index (χ2v) is 6.75. The zero-order valence-electron chi connectivity index (χ0n) is 14.0. The molecule has 0 amide bonds. The van der Waals surface area contributed by atoms with Gasteiger partial charge < -0.3 is 21.8 Å². The molecule has 25 heavy (non-hydrogen) atoms. The Bertz CT molecular complexity index is 862. The normalized spacial score (nSPS) is 34.7. The molecule has 0 heterocycles. The first-order chi connectivity index (χ1) is 11.6. The highest BCUT2D eigenvalue weighted by Gasteiger charge is 2.62. The van der Waals surface area contributed by atoms with E-state index >= 15 is 0 Å². The Morgan fingerprint density at radius 3 is 1.88 bits per heavy atom. The largest absolute Gasteiger partial charge is 0.507 e. The van der Waals surface area contributed by atoms with Gasteiger partial charge in [0.05, 0.1) is 0 Å². The summed E-state index contributed by atoms with van der Waals surface area (Å²) in [6.07, 6.45) is 0. The van der Waals surface area contributed by atoms with E-state index in [1.54, 1.807) is 6.92 Å². The van der Waals surface area contributed by atoms with Crippen LogP contribution in [0.3, 0.4) is 0 Å². The highest BCUT2D eigenvalue weighted by molar-refractivity contribution is 6.69. The summed E-state index contributed by atoms with van der Waals surface area (Å²) < 4.78 is 0. The van der Waals surface area contributed by atoms with Crippen LogP contribution in [0.2, 0.25) is 0 Å². The highest BCUT2D eigenvalue weighted by Crippen LogP contribution is 2.56. The fourth-order valence-corrected chi connectivity index (χ4v) is 4.15. The number of fused-ring (bicyclic) bond motifs is 4. The fourth-order valence-electron chi connectivity index (χ4n) is 4.15. The molecule has 6 N–H and O–H groups in total. The maximum absolute atomic E-state index is 12.8. The molecule has 1 fully saturated rings. The maximum atomic E-state index is 12.8. The standard InChI is InChI=1S/C17H19N3O5/c1-4-11(18)8-7-9(10(8)15(22)6(3)14(4)21)13(20-25)17(24)16(23)5(2)12(7)19/h7-10,21,25H,18-19H2,1-3H3. The number of aliphatic hydroxyl groups is 1. The summed E-state index contributed by atoms with van der Waals surface area (Å²) in [5, 5.41) is 22.6. The van der Waals surface area contributed by atoms with Crippen LogP contribution in [0.1, 0.15) is 20.8 Å². The Hall–Kier alpha value is -2.90. The molecule has 3 rings (SSSR count). The van der Waals surface area contributed by atoms with Crippen molar-refractivity contribution in [2.24, 2.45) is 40.3 Å². The van der Waals surface area contributed by atoms with Gasteiger partial charge in [0, 0.05) is 51.8 Å². The monoisotopic (exact) mass is 345 g/mol. The highest BCUT2D eigenvalue weighted by atomic mass is 16.4. The van der Waals surface area contributed by atoms with E-state index in [2.05, 4.69) is 5.16 Å².